The molecule has 0 rings (SSSR count). The first kappa shape index (κ1) is 6.90. The fourth-order valence-electron chi connectivity index (χ4n) is 0.283. The summed E-state index contributed by atoms with van der Waals surface area (Å²) in [5, 5.41) is 6.50. The number of Topliss-reactive ketones (excluding diaryl/α,β-unsaturated/α-hetero) is 1. The monoisotopic (exact) mass is 109 g/mol. The topological polar surface area (TPSA) is 40.9 Å². The summed E-state index contributed by atoms with van der Waals surface area (Å²) < 4.78 is 0. The van der Waals surface area contributed by atoms with Gasteiger partial charge in [-0.15, -0.1) is 0 Å². The van der Waals surface area contributed by atoms with Crippen molar-refractivity contribution in [3.63, 3.8) is 0 Å². The van der Waals surface area contributed by atoms with Gasteiger partial charge < -0.3 is 5.41 Å². The second-order valence-corrected chi connectivity index (χ2v) is 1.21. The molecule has 0 saturated carbocycles. The Morgan fingerprint density at radius 1 is 1.88 bits per heavy atom. The molecule has 0 aromatic rings. The van der Waals surface area contributed by atoms with Crippen molar-refractivity contribution >= 4 is 12.0 Å². The van der Waals surface area contributed by atoms with Crippen LogP contribution in [0, 0.1) is 17.3 Å². The van der Waals surface area contributed by atoms with E-state index in [4.69, 9.17) is 5.41 Å². The molecule has 8 heavy (non-hydrogen) atoms. The van der Waals surface area contributed by atoms with Crippen molar-refractivity contribution in [2.75, 3.05) is 0 Å². The van der Waals surface area contributed by atoms with Crippen LogP contribution < -0.4 is 0 Å². The van der Waals surface area contributed by atoms with Crippen LogP contribution in [0.2, 0.25) is 0 Å². The molecule has 42 valence electrons. The number of hydrogen-bond acceptors (Lipinski definition) is 2. The molecule has 2 heteroatoms. The van der Waals surface area contributed by atoms with Crippen molar-refractivity contribution in [2.45, 2.75) is 13.3 Å². The van der Waals surface area contributed by atoms with Crippen LogP contribution in [-0.2, 0) is 4.79 Å². The first-order chi connectivity index (χ1) is 3.81. The summed E-state index contributed by atoms with van der Waals surface area (Å²) in [6.45, 7) is 1.60. The van der Waals surface area contributed by atoms with Crippen molar-refractivity contribution in [3.8, 4) is 11.8 Å². The van der Waals surface area contributed by atoms with Gasteiger partial charge in [0.1, 0.15) is 0 Å². The minimum atomic E-state index is -0.192. The fraction of sp³-hybridized carbons (Fsp3) is 0.333. The van der Waals surface area contributed by atoms with Crippen LogP contribution in [0.4, 0.5) is 0 Å². The summed E-state index contributed by atoms with van der Waals surface area (Å²) in [6.07, 6.45) is 1.19. The molecule has 0 aromatic heterocycles. The molecule has 0 saturated heterocycles. The van der Waals surface area contributed by atoms with Crippen molar-refractivity contribution in [1.82, 2.24) is 0 Å². The number of rotatable bonds is 2. The van der Waals surface area contributed by atoms with E-state index in [2.05, 4.69) is 11.8 Å². The standard InChI is InChI=1S/C6H7NO/c1-2-3-6(8)4-5-7/h5,7H,4H2,1H3. The Kier molecular flexibility index (Phi) is 3.51. The van der Waals surface area contributed by atoms with Crippen molar-refractivity contribution < 1.29 is 4.79 Å². The van der Waals surface area contributed by atoms with Gasteiger partial charge in [-0.3, -0.25) is 4.79 Å². The van der Waals surface area contributed by atoms with E-state index in [1.165, 1.54) is 0 Å². The SMILES string of the molecule is CC#CC(=O)CC=N. The van der Waals surface area contributed by atoms with E-state index in [-0.39, 0.29) is 12.2 Å². The van der Waals surface area contributed by atoms with Crippen LogP contribution in [-0.4, -0.2) is 12.0 Å². The van der Waals surface area contributed by atoms with Gasteiger partial charge >= 0.3 is 0 Å². The Morgan fingerprint density at radius 2 is 2.50 bits per heavy atom. The minimum absolute atomic E-state index is 0.140. The van der Waals surface area contributed by atoms with E-state index in [1.54, 1.807) is 6.92 Å². The number of nitrogens with one attached hydrogen (secondary N) is 1. The Balaban J connectivity index is 3.60. The lowest BCUT2D eigenvalue weighted by Crippen LogP contribution is -1.91. The highest BCUT2D eigenvalue weighted by atomic mass is 16.1. The number of ketones is 1. The quantitative estimate of drug-likeness (QED) is 0.315. The Labute approximate surface area is 48.4 Å². The second kappa shape index (κ2) is 4.07. The largest absolute Gasteiger partial charge is 0.313 e. The molecule has 0 amide bonds. The first-order valence-corrected chi connectivity index (χ1v) is 2.25. The maximum atomic E-state index is 10.3. The molecule has 0 spiro atoms. The number of carbonyl (C=O) groups excluding carboxylic acids is 1. The van der Waals surface area contributed by atoms with Crippen LogP contribution in [0.5, 0.6) is 0 Å². The van der Waals surface area contributed by atoms with E-state index in [1.807, 2.05) is 0 Å². The van der Waals surface area contributed by atoms with Gasteiger partial charge in [-0.25, -0.2) is 0 Å². The summed E-state index contributed by atoms with van der Waals surface area (Å²) in [6, 6.07) is 0. The highest BCUT2D eigenvalue weighted by Gasteiger charge is 1.87. The van der Waals surface area contributed by atoms with Gasteiger partial charge in [-0.1, -0.05) is 5.92 Å². The van der Waals surface area contributed by atoms with Crippen LogP contribution in [0.25, 0.3) is 0 Å². The third-order valence-corrected chi connectivity index (χ3v) is 0.552. The van der Waals surface area contributed by atoms with E-state index in [0.29, 0.717) is 0 Å². The third kappa shape index (κ3) is 3.10. The molecule has 0 atom stereocenters. The molecular weight excluding hydrogens is 102 g/mol. The highest BCUT2D eigenvalue weighted by Crippen LogP contribution is 1.72. The van der Waals surface area contributed by atoms with Gasteiger partial charge in [0.05, 0.1) is 6.42 Å². The second-order valence-electron chi connectivity index (χ2n) is 1.21. The zero-order chi connectivity index (χ0) is 6.41. The van der Waals surface area contributed by atoms with Gasteiger partial charge in [0.25, 0.3) is 0 Å². The van der Waals surface area contributed by atoms with Crippen LogP contribution in [0.3, 0.4) is 0 Å². The summed E-state index contributed by atoms with van der Waals surface area (Å²) in [4.78, 5) is 10.3. The normalized spacial score (nSPS) is 6.62. The molecule has 0 aromatic carbocycles. The lowest BCUT2D eigenvalue weighted by atomic mass is 10.3. The molecule has 0 aliphatic heterocycles. The summed E-state index contributed by atoms with van der Waals surface area (Å²) >= 11 is 0. The Morgan fingerprint density at radius 3 is 2.88 bits per heavy atom. The van der Waals surface area contributed by atoms with Crippen LogP contribution in [0.1, 0.15) is 13.3 Å². The van der Waals surface area contributed by atoms with Crippen molar-refractivity contribution in [3.05, 3.63) is 0 Å². The van der Waals surface area contributed by atoms with Gasteiger partial charge in [-0.05, 0) is 12.8 Å². The average Bonchev–Trinajstić information content (AvgIpc) is 1.68. The summed E-state index contributed by atoms with van der Waals surface area (Å²) in [5.74, 6) is 4.56. The van der Waals surface area contributed by atoms with E-state index in [9.17, 15) is 4.79 Å². The zero-order valence-electron chi connectivity index (χ0n) is 4.69. The van der Waals surface area contributed by atoms with E-state index in [0.717, 1.165) is 6.21 Å². The summed E-state index contributed by atoms with van der Waals surface area (Å²) in [7, 11) is 0. The highest BCUT2D eigenvalue weighted by molar-refractivity contribution is 6.02. The van der Waals surface area contributed by atoms with Gasteiger partial charge in [0, 0.05) is 6.21 Å². The smallest absolute Gasteiger partial charge is 0.210 e. The van der Waals surface area contributed by atoms with Crippen molar-refractivity contribution in [2.24, 2.45) is 0 Å². The predicted octanol–water partition coefficient (Wildman–Crippen LogP) is 0.618. The van der Waals surface area contributed by atoms with Gasteiger partial charge in [0.2, 0.25) is 5.78 Å². The summed E-state index contributed by atoms with van der Waals surface area (Å²) in [5.41, 5.74) is 0. The maximum Gasteiger partial charge on any atom is 0.210 e. The maximum absolute atomic E-state index is 10.3. The molecule has 0 aliphatic carbocycles. The molecule has 0 bridgehead atoms. The molecule has 0 fully saturated rings. The third-order valence-electron chi connectivity index (χ3n) is 0.552. The van der Waals surface area contributed by atoms with Gasteiger partial charge in [0.15, 0.2) is 0 Å². The molecule has 0 unspecified atom stereocenters. The molecule has 0 heterocycles. The molecule has 1 N–H and O–H groups in total. The Hall–Kier alpha value is -1.10. The molecular formula is C6H7NO. The van der Waals surface area contributed by atoms with Crippen LogP contribution >= 0.6 is 0 Å². The predicted molar refractivity (Wildman–Crippen MR) is 31.9 cm³/mol. The lowest BCUT2D eigenvalue weighted by Gasteiger charge is -1.75. The Bertz CT molecular complexity index is 150. The number of hydrogen-bond donors (Lipinski definition) is 1. The van der Waals surface area contributed by atoms with Crippen LogP contribution in [0.15, 0.2) is 0 Å². The lowest BCUT2D eigenvalue weighted by molar-refractivity contribution is -0.112. The molecule has 0 aliphatic rings. The molecule has 0 radical (unpaired) electrons. The number of carbonyl (C=O) groups is 1. The average molecular weight is 109 g/mol. The van der Waals surface area contributed by atoms with Gasteiger partial charge in [-0.2, -0.15) is 0 Å². The molecule has 2 nitrogen and oxygen atoms in total. The van der Waals surface area contributed by atoms with E-state index >= 15 is 0 Å². The first-order valence-electron chi connectivity index (χ1n) is 2.25. The van der Waals surface area contributed by atoms with E-state index < -0.39 is 0 Å². The van der Waals surface area contributed by atoms with Crippen molar-refractivity contribution in [1.29, 1.82) is 5.41 Å². The zero-order valence-corrected chi connectivity index (χ0v) is 4.69. The fourth-order valence-corrected chi connectivity index (χ4v) is 0.283. The minimum Gasteiger partial charge on any atom is -0.313 e.